The Morgan fingerprint density at radius 1 is 0.959 bits per heavy atom. The molecule has 0 aliphatic carbocycles. The van der Waals surface area contributed by atoms with Crippen LogP contribution in [0.4, 0.5) is 0 Å². The van der Waals surface area contributed by atoms with E-state index in [1.165, 1.54) is 47.7 Å². The molecule has 2 aromatic carbocycles. The minimum absolute atomic E-state index is 0. The van der Waals surface area contributed by atoms with Crippen LogP contribution in [-0.2, 0) is 14.3 Å². The van der Waals surface area contributed by atoms with Gasteiger partial charge in [-0.05, 0) is 96.7 Å². The van der Waals surface area contributed by atoms with Crippen LogP contribution in [0.3, 0.4) is 0 Å². The number of thioether (sulfide) groups is 1. The number of halogens is 1. The number of carbonyl (C=O) groups is 2. The van der Waals surface area contributed by atoms with E-state index in [0.29, 0.717) is 9.78 Å². The van der Waals surface area contributed by atoms with Gasteiger partial charge in [-0.3, -0.25) is 14.0 Å². The van der Waals surface area contributed by atoms with Crippen molar-refractivity contribution >= 4 is 70.5 Å². The summed E-state index contributed by atoms with van der Waals surface area (Å²) in [5, 5.41) is 4.98. The number of hydrogen-bond donors (Lipinski definition) is 3. The van der Waals surface area contributed by atoms with Gasteiger partial charge in [-0.15, -0.1) is 24.4 Å². The Morgan fingerprint density at radius 3 is 1.96 bits per heavy atom. The van der Waals surface area contributed by atoms with Crippen molar-refractivity contribution in [1.29, 1.82) is 0 Å². The zero-order chi connectivity index (χ0) is 35.0. The second kappa shape index (κ2) is 26.0. The van der Waals surface area contributed by atoms with Crippen molar-refractivity contribution in [2.75, 3.05) is 52.2 Å². The van der Waals surface area contributed by atoms with Crippen molar-refractivity contribution in [1.82, 2.24) is 29.3 Å². The number of aromatic nitrogens is 4. The smallest absolute Gasteiger partial charge is 0.235 e. The van der Waals surface area contributed by atoms with Crippen molar-refractivity contribution in [3.8, 4) is 59.0 Å². The molecule has 49 heavy (non-hydrogen) atoms. The Morgan fingerprint density at radius 2 is 1.51 bits per heavy atom. The molecule has 5 rings (SSSR count). The maximum Gasteiger partial charge on any atom is 0.235 e. The molecule has 3 heterocycles. The number of amides is 2. The highest BCUT2D eigenvalue weighted by Gasteiger charge is 2.09. The van der Waals surface area contributed by atoms with E-state index < -0.39 is 0 Å². The summed E-state index contributed by atoms with van der Waals surface area (Å²) < 4.78 is 23.8. The molecule has 2 amide bonds. The standard InChI is InChI=1S/C14H13N3O2S2.C9H8N2OS2.C5H6ClNO.C4H8O.CH4/c1-3-8-15-12(18)9-20-14-16-13(17-21-14)10-4-6-11(19-2)7-5-10;1-12-7-4-2-6(3-5-7)8-10-9(13)14-11-8;1-2-3-7-5(8)4-6;1-2-4-5-3-1;/h1,4-7H,8-9H2,2H3,(H,15,18);2-5H,1H3,(H,10,11,13);1H,3-4H2,(H,7,8);1-4H2;1H4. The van der Waals surface area contributed by atoms with E-state index in [1.807, 2.05) is 48.5 Å². The number of nitrogens with one attached hydrogen (secondary N) is 3. The third-order valence-corrected chi connectivity index (χ3v) is 8.59. The normalized spacial score (nSPS) is 10.8. The first kappa shape index (κ1) is 43.1. The van der Waals surface area contributed by atoms with Gasteiger partial charge < -0.3 is 24.8 Å². The molecule has 0 unspecified atom stereocenters. The van der Waals surface area contributed by atoms with Gasteiger partial charge in [-0.1, -0.05) is 31.0 Å². The van der Waals surface area contributed by atoms with Crippen molar-refractivity contribution in [3.05, 3.63) is 52.5 Å². The number of methoxy groups -OCH3 is 2. The third-order valence-electron chi connectivity index (χ3n) is 5.61. The molecule has 1 saturated heterocycles. The number of carbonyl (C=O) groups excluding carboxylic acids is 2. The lowest BCUT2D eigenvalue weighted by Crippen LogP contribution is -2.25. The Balaban J connectivity index is 0.000000367. The molecule has 262 valence electrons. The van der Waals surface area contributed by atoms with Gasteiger partial charge in [-0.2, -0.15) is 4.37 Å². The number of rotatable bonds is 10. The summed E-state index contributed by atoms with van der Waals surface area (Å²) in [4.78, 5) is 30.2. The van der Waals surface area contributed by atoms with E-state index in [2.05, 4.69) is 41.2 Å². The average molecular weight is 763 g/mol. The van der Waals surface area contributed by atoms with E-state index in [1.54, 1.807) is 14.2 Å². The van der Waals surface area contributed by atoms with Crippen LogP contribution in [0.25, 0.3) is 22.8 Å². The lowest BCUT2D eigenvalue weighted by atomic mass is 10.2. The quantitative estimate of drug-likeness (QED) is 0.0726. The van der Waals surface area contributed by atoms with Crippen molar-refractivity contribution < 1.29 is 23.8 Å². The summed E-state index contributed by atoms with van der Waals surface area (Å²) in [6.45, 7) is 2.50. The minimum Gasteiger partial charge on any atom is -0.497 e. The van der Waals surface area contributed by atoms with Crippen LogP contribution in [0, 0.1) is 28.6 Å². The molecule has 11 nitrogen and oxygen atoms in total. The number of ether oxygens (including phenoxy) is 3. The molecule has 1 aliphatic rings. The Kier molecular flexibility index (Phi) is 22.8. The molecule has 1 fully saturated rings. The Labute approximate surface area is 310 Å². The molecular formula is C33H39ClN6O5S4. The maximum atomic E-state index is 11.4. The monoisotopic (exact) mass is 762 g/mol. The van der Waals surface area contributed by atoms with Crippen LogP contribution < -0.4 is 20.1 Å². The zero-order valence-electron chi connectivity index (χ0n) is 26.3. The van der Waals surface area contributed by atoms with Crippen molar-refractivity contribution in [3.63, 3.8) is 0 Å². The molecule has 2 aromatic heterocycles. The summed E-state index contributed by atoms with van der Waals surface area (Å²) in [7, 11) is 3.27. The van der Waals surface area contributed by atoms with Crippen LogP contribution in [0.5, 0.6) is 11.5 Å². The summed E-state index contributed by atoms with van der Waals surface area (Å²) in [5.41, 5.74) is 1.92. The molecule has 3 N–H and O–H groups in total. The molecular weight excluding hydrogens is 724 g/mol. The fraction of sp³-hybridized carbons (Fsp3) is 0.333. The van der Waals surface area contributed by atoms with Crippen LogP contribution in [0.15, 0.2) is 52.9 Å². The fourth-order valence-corrected chi connectivity index (χ4v) is 5.50. The number of alkyl halides is 1. The Bertz CT molecular complexity index is 1650. The number of terminal acetylenes is 2. The van der Waals surface area contributed by atoms with E-state index >= 15 is 0 Å². The minimum atomic E-state index is -0.232. The summed E-state index contributed by atoms with van der Waals surface area (Å²) in [5.74, 6) is 7.58. The van der Waals surface area contributed by atoms with Gasteiger partial charge in [-0.25, -0.2) is 9.97 Å². The first-order valence-corrected chi connectivity index (χ1v) is 17.7. The van der Waals surface area contributed by atoms with Crippen LogP contribution in [-0.4, -0.2) is 82.7 Å². The van der Waals surface area contributed by atoms with Gasteiger partial charge in [0.2, 0.25) is 11.8 Å². The maximum absolute atomic E-state index is 11.4. The number of H-pyrrole nitrogens is 1. The van der Waals surface area contributed by atoms with E-state index in [-0.39, 0.29) is 44.0 Å². The van der Waals surface area contributed by atoms with E-state index in [4.69, 9.17) is 50.9 Å². The fourth-order valence-electron chi connectivity index (χ4n) is 3.26. The number of benzene rings is 2. The first-order valence-electron chi connectivity index (χ1n) is 14.2. The van der Waals surface area contributed by atoms with Gasteiger partial charge >= 0.3 is 0 Å². The molecule has 0 bridgehead atoms. The highest BCUT2D eigenvalue weighted by molar-refractivity contribution is 8.01. The van der Waals surface area contributed by atoms with Gasteiger partial charge in [0.05, 0.1) is 33.1 Å². The zero-order valence-corrected chi connectivity index (χ0v) is 30.3. The van der Waals surface area contributed by atoms with Gasteiger partial charge in [0.15, 0.2) is 14.1 Å². The Hall–Kier alpha value is -3.96. The molecule has 4 aromatic rings. The number of nitrogens with zero attached hydrogens (tertiary/aromatic N) is 3. The molecule has 0 spiro atoms. The largest absolute Gasteiger partial charge is 0.497 e. The molecule has 1 aliphatic heterocycles. The molecule has 0 saturated carbocycles. The van der Waals surface area contributed by atoms with E-state index in [0.717, 1.165) is 46.0 Å². The predicted octanol–water partition coefficient (Wildman–Crippen LogP) is 6.34. The van der Waals surface area contributed by atoms with Gasteiger partial charge in [0.25, 0.3) is 0 Å². The second-order valence-electron chi connectivity index (χ2n) is 8.97. The SMILES string of the molecule is C.C#CCNC(=O)CCl.C#CCNC(=O)CSc1nc(-c2ccc(OC)cc2)ns1.C1CCOC1.COc1ccc(-c2nc(=S)s[nH]2)cc1. The van der Waals surface area contributed by atoms with Gasteiger partial charge in [0.1, 0.15) is 23.2 Å². The highest BCUT2D eigenvalue weighted by atomic mass is 35.5. The predicted molar refractivity (Wildman–Crippen MR) is 203 cm³/mol. The van der Waals surface area contributed by atoms with Crippen molar-refractivity contribution in [2.45, 2.75) is 24.6 Å². The summed E-state index contributed by atoms with van der Waals surface area (Å²) in [6.07, 6.45) is 12.5. The average Bonchev–Trinajstić information content (AvgIpc) is 3.94. The first-order chi connectivity index (χ1) is 23.3. The van der Waals surface area contributed by atoms with Crippen molar-refractivity contribution in [2.24, 2.45) is 0 Å². The third kappa shape index (κ3) is 17.8. The topological polar surface area (TPSA) is 140 Å². The second-order valence-corrected chi connectivity index (χ2v) is 12.7. The summed E-state index contributed by atoms with van der Waals surface area (Å²) >= 11 is 14.0. The van der Waals surface area contributed by atoms with Crippen LogP contribution >= 0.6 is 58.6 Å². The molecule has 0 atom stereocenters. The highest BCUT2D eigenvalue weighted by Crippen LogP contribution is 2.26. The summed E-state index contributed by atoms with van der Waals surface area (Å²) in [6, 6.07) is 15.2. The van der Waals surface area contributed by atoms with Gasteiger partial charge in [0, 0.05) is 24.3 Å². The molecule has 16 heteroatoms. The van der Waals surface area contributed by atoms with E-state index in [9.17, 15) is 9.59 Å². The lowest BCUT2D eigenvalue weighted by Gasteiger charge is -2.00. The number of hydrogen-bond acceptors (Lipinski definition) is 12. The molecule has 0 radical (unpaired) electrons. The lowest BCUT2D eigenvalue weighted by molar-refractivity contribution is -0.119. The van der Waals surface area contributed by atoms with Crippen LogP contribution in [0.1, 0.15) is 20.3 Å². The van der Waals surface area contributed by atoms with Crippen LogP contribution in [0.2, 0.25) is 0 Å². The number of aromatic amines is 1.